The van der Waals surface area contributed by atoms with E-state index in [1.807, 2.05) is 24.0 Å². The standard InChI is InChI=1S/C18H29N3O3S/c1-4-16-5-7-17(8-6-16)25(23,24)21-11-9-20(10-12-21)14-18(22)19-13-15(2)3/h5-8,15H,4,9-14H2,1-3H3,(H,19,22). The van der Waals surface area contributed by atoms with Gasteiger partial charge in [0.25, 0.3) is 0 Å². The Kier molecular flexibility index (Phi) is 6.98. The van der Waals surface area contributed by atoms with Crippen molar-refractivity contribution in [3.8, 4) is 0 Å². The second kappa shape index (κ2) is 8.78. The number of sulfonamides is 1. The highest BCUT2D eigenvalue weighted by atomic mass is 32.2. The van der Waals surface area contributed by atoms with Crippen molar-refractivity contribution in [1.29, 1.82) is 0 Å². The van der Waals surface area contributed by atoms with E-state index in [4.69, 9.17) is 0 Å². The fourth-order valence-electron chi connectivity index (χ4n) is 2.75. The average Bonchev–Trinajstić information content (AvgIpc) is 2.60. The third-order valence-corrected chi connectivity index (χ3v) is 6.29. The molecular weight excluding hydrogens is 338 g/mol. The number of benzene rings is 1. The highest BCUT2D eigenvalue weighted by molar-refractivity contribution is 7.89. The molecule has 0 bridgehead atoms. The predicted octanol–water partition coefficient (Wildman–Crippen LogP) is 1.33. The number of piperazine rings is 1. The van der Waals surface area contributed by atoms with Gasteiger partial charge in [0, 0.05) is 32.7 Å². The number of amides is 1. The van der Waals surface area contributed by atoms with Gasteiger partial charge in [-0.05, 0) is 30.0 Å². The van der Waals surface area contributed by atoms with Crippen molar-refractivity contribution < 1.29 is 13.2 Å². The number of hydrogen-bond donors (Lipinski definition) is 1. The lowest BCUT2D eigenvalue weighted by Crippen LogP contribution is -2.51. The van der Waals surface area contributed by atoms with E-state index in [9.17, 15) is 13.2 Å². The molecule has 0 atom stereocenters. The lowest BCUT2D eigenvalue weighted by Gasteiger charge is -2.33. The monoisotopic (exact) mass is 367 g/mol. The van der Waals surface area contributed by atoms with Crippen molar-refractivity contribution in [2.75, 3.05) is 39.3 Å². The molecule has 0 aromatic heterocycles. The van der Waals surface area contributed by atoms with Gasteiger partial charge in [-0.15, -0.1) is 0 Å². The van der Waals surface area contributed by atoms with E-state index in [0.717, 1.165) is 12.0 Å². The van der Waals surface area contributed by atoms with Crippen LogP contribution in [0, 0.1) is 5.92 Å². The Hall–Kier alpha value is -1.44. The molecule has 6 nitrogen and oxygen atoms in total. The molecule has 2 rings (SSSR count). The first-order valence-electron chi connectivity index (χ1n) is 8.91. The maximum Gasteiger partial charge on any atom is 0.243 e. The first kappa shape index (κ1) is 19.9. The van der Waals surface area contributed by atoms with Gasteiger partial charge < -0.3 is 5.32 Å². The molecule has 1 heterocycles. The van der Waals surface area contributed by atoms with E-state index in [1.54, 1.807) is 12.1 Å². The lowest BCUT2D eigenvalue weighted by atomic mass is 10.2. The van der Waals surface area contributed by atoms with Crippen LogP contribution in [0.4, 0.5) is 0 Å². The van der Waals surface area contributed by atoms with Crippen molar-refractivity contribution in [1.82, 2.24) is 14.5 Å². The molecular formula is C18H29N3O3S. The zero-order valence-electron chi connectivity index (χ0n) is 15.4. The topological polar surface area (TPSA) is 69.7 Å². The molecule has 0 spiro atoms. The van der Waals surface area contributed by atoms with Gasteiger partial charge in [0.05, 0.1) is 11.4 Å². The minimum Gasteiger partial charge on any atom is -0.355 e. The third-order valence-electron chi connectivity index (χ3n) is 4.38. The summed E-state index contributed by atoms with van der Waals surface area (Å²) in [5, 5.41) is 2.90. The van der Waals surface area contributed by atoms with E-state index in [0.29, 0.717) is 50.1 Å². The fourth-order valence-corrected chi connectivity index (χ4v) is 4.17. The SMILES string of the molecule is CCc1ccc(S(=O)(=O)N2CCN(CC(=O)NCC(C)C)CC2)cc1. The average molecular weight is 368 g/mol. The van der Waals surface area contributed by atoms with Crippen molar-refractivity contribution in [3.63, 3.8) is 0 Å². The van der Waals surface area contributed by atoms with Crippen LogP contribution in [0.15, 0.2) is 29.2 Å². The van der Waals surface area contributed by atoms with Crippen LogP contribution in [-0.2, 0) is 21.2 Å². The van der Waals surface area contributed by atoms with E-state index in [1.165, 1.54) is 4.31 Å². The number of carbonyl (C=O) groups excluding carboxylic acids is 1. The lowest BCUT2D eigenvalue weighted by molar-refractivity contribution is -0.122. The van der Waals surface area contributed by atoms with Crippen LogP contribution in [-0.4, -0.2) is 62.8 Å². The first-order valence-corrected chi connectivity index (χ1v) is 10.3. The van der Waals surface area contributed by atoms with Gasteiger partial charge in [-0.25, -0.2) is 8.42 Å². The molecule has 0 aliphatic carbocycles. The number of nitrogens with one attached hydrogen (secondary N) is 1. The van der Waals surface area contributed by atoms with Crippen LogP contribution in [0.25, 0.3) is 0 Å². The van der Waals surface area contributed by atoms with Crippen LogP contribution >= 0.6 is 0 Å². The molecule has 25 heavy (non-hydrogen) atoms. The van der Waals surface area contributed by atoms with Gasteiger partial charge in [0.1, 0.15) is 0 Å². The molecule has 1 aliphatic rings. The minimum absolute atomic E-state index is 0.000150. The summed E-state index contributed by atoms with van der Waals surface area (Å²) in [6, 6.07) is 7.09. The molecule has 1 fully saturated rings. The summed E-state index contributed by atoms with van der Waals surface area (Å²) in [4.78, 5) is 14.2. The van der Waals surface area contributed by atoms with Gasteiger partial charge in [0.2, 0.25) is 15.9 Å². The predicted molar refractivity (Wildman–Crippen MR) is 98.9 cm³/mol. The molecule has 1 aromatic rings. The molecule has 1 aromatic carbocycles. The van der Waals surface area contributed by atoms with Gasteiger partial charge in [-0.1, -0.05) is 32.9 Å². The summed E-state index contributed by atoms with van der Waals surface area (Å²) in [6.07, 6.45) is 0.887. The summed E-state index contributed by atoms with van der Waals surface area (Å²) in [5.74, 6) is 0.421. The Morgan fingerprint density at radius 1 is 1.12 bits per heavy atom. The van der Waals surface area contributed by atoms with Crippen molar-refractivity contribution in [3.05, 3.63) is 29.8 Å². The van der Waals surface area contributed by atoms with Gasteiger partial charge in [0.15, 0.2) is 0 Å². The number of hydrogen-bond acceptors (Lipinski definition) is 4. The highest BCUT2D eigenvalue weighted by Gasteiger charge is 2.28. The summed E-state index contributed by atoms with van der Waals surface area (Å²) in [5.41, 5.74) is 1.12. The van der Waals surface area contributed by atoms with Crippen LogP contribution in [0.3, 0.4) is 0 Å². The smallest absolute Gasteiger partial charge is 0.243 e. The van der Waals surface area contributed by atoms with Gasteiger partial charge >= 0.3 is 0 Å². The van der Waals surface area contributed by atoms with Gasteiger partial charge in [-0.2, -0.15) is 4.31 Å². The van der Waals surface area contributed by atoms with Crippen molar-refractivity contribution in [2.45, 2.75) is 32.1 Å². The zero-order chi connectivity index (χ0) is 18.4. The Bertz CT molecular complexity index is 663. The van der Waals surface area contributed by atoms with Crippen molar-refractivity contribution in [2.24, 2.45) is 5.92 Å². The Balaban J connectivity index is 1.89. The molecule has 140 valence electrons. The number of aryl methyl sites for hydroxylation is 1. The van der Waals surface area contributed by atoms with E-state index < -0.39 is 10.0 Å². The normalized spacial score (nSPS) is 17.0. The van der Waals surface area contributed by atoms with Crippen LogP contribution in [0.5, 0.6) is 0 Å². The summed E-state index contributed by atoms with van der Waals surface area (Å²) < 4.78 is 27.0. The maximum atomic E-state index is 12.7. The van der Waals surface area contributed by atoms with Gasteiger partial charge in [-0.3, -0.25) is 9.69 Å². The molecule has 7 heteroatoms. The quantitative estimate of drug-likeness (QED) is 0.789. The summed E-state index contributed by atoms with van der Waals surface area (Å²) in [7, 11) is -3.45. The summed E-state index contributed by atoms with van der Waals surface area (Å²) >= 11 is 0. The van der Waals surface area contributed by atoms with E-state index >= 15 is 0 Å². The minimum atomic E-state index is -3.45. The third kappa shape index (κ3) is 5.52. The molecule has 1 amide bonds. The van der Waals surface area contributed by atoms with Crippen LogP contribution in [0.2, 0.25) is 0 Å². The van der Waals surface area contributed by atoms with Crippen LogP contribution < -0.4 is 5.32 Å². The Morgan fingerprint density at radius 2 is 1.72 bits per heavy atom. The fraction of sp³-hybridized carbons (Fsp3) is 0.611. The summed E-state index contributed by atoms with van der Waals surface area (Å²) in [6.45, 7) is 9.11. The molecule has 0 saturated carbocycles. The second-order valence-corrected chi connectivity index (χ2v) is 8.81. The molecule has 1 N–H and O–H groups in total. The molecule has 0 radical (unpaired) electrons. The number of carbonyl (C=O) groups is 1. The molecule has 0 unspecified atom stereocenters. The molecule has 1 aliphatic heterocycles. The number of rotatable bonds is 7. The second-order valence-electron chi connectivity index (χ2n) is 6.88. The zero-order valence-corrected chi connectivity index (χ0v) is 16.2. The largest absolute Gasteiger partial charge is 0.355 e. The molecule has 1 saturated heterocycles. The van der Waals surface area contributed by atoms with Crippen LogP contribution in [0.1, 0.15) is 26.3 Å². The maximum absolute atomic E-state index is 12.7. The van der Waals surface area contributed by atoms with Crippen molar-refractivity contribution >= 4 is 15.9 Å². The Morgan fingerprint density at radius 3 is 2.24 bits per heavy atom. The van der Waals surface area contributed by atoms with E-state index in [2.05, 4.69) is 19.2 Å². The first-order chi connectivity index (χ1) is 11.8. The Labute approximate surface area is 151 Å². The van der Waals surface area contributed by atoms with E-state index in [-0.39, 0.29) is 5.91 Å². The number of nitrogens with zero attached hydrogens (tertiary/aromatic N) is 2. The highest BCUT2D eigenvalue weighted by Crippen LogP contribution is 2.18.